The molecule has 2 heterocycles. The largest absolute Gasteiger partial charge is 0.351 e. The van der Waals surface area contributed by atoms with Crippen LogP contribution in [0.15, 0.2) is 18.2 Å². The van der Waals surface area contributed by atoms with E-state index in [1.165, 1.54) is 0 Å². The Morgan fingerprint density at radius 1 is 1.32 bits per heavy atom. The molecule has 0 amide bonds. The number of hydrogen-bond acceptors (Lipinski definition) is 3. The Hall–Kier alpha value is -1.59. The Morgan fingerprint density at radius 3 is 2.79 bits per heavy atom. The minimum atomic E-state index is 0.459. The van der Waals surface area contributed by atoms with E-state index in [1.54, 1.807) is 0 Å². The third-order valence-corrected chi connectivity index (χ3v) is 3.72. The van der Waals surface area contributed by atoms with Crippen LogP contribution in [0.5, 0.6) is 0 Å². The molecule has 1 aromatic carbocycles. The van der Waals surface area contributed by atoms with E-state index in [-0.39, 0.29) is 0 Å². The maximum absolute atomic E-state index is 8.26. The molecule has 100 valence electrons. The van der Waals surface area contributed by atoms with Crippen LogP contribution in [0, 0.1) is 5.41 Å². The number of amidine groups is 1. The molecule has 0 aliphatic carbocycles. The summed E-state index contributed by atoms with van der Waals surface area (Å²) >= 11 is 5.95. The molecule has 2 aromatic rings. The van der Waals surface area contributed by atoms with E-state index in [4.69, 9.17) is 17.0 Å². The lowest BCUT2D eigenvalue weighted by Gasteiger charge is -2.33. The molecule has 1 fully saturated rings. The van der Waals surface area contributed by atoms with Crippen molar-refractivity contribution in [1.82, 2.24) is 19.8 Å². The smallest absolute Gasteiger partial charge is 0.173 e. The standard InChI is InChI=1S/C13H16ClN5/c1-18-4-6-19(7-5-18)12(15)13-16-10-3-2-9(14)8-11(10)17-13/h2-3,8,15H,4-7H2,1H3,(H,16,17). The van der Waals surface area contributed by atoms with Crippen molar-refractivity contribution >= 4 is 28.5 Å². The summed E-state index contributed by atoms with van der Waals surface area (Å²) in [6.07, 6.45) is 0. The topological polar surface area (TPSA) is 59.0 Å². The average molecular weight is 278 g/mol. The first-order valence-corrected chi connectivity index (χ1v) is 6.69. The summed E-state index contributed by atoms with van der Waals surface area (Å²) in [7, 11) is 2.10. The Balaban J connectivity index is 1.85. The molecule has 1 aliphatic heterocycles. The van der Waals surface area contributed by atoms with Gasteiger partial charge < -0.3 is 14.8 Å². The number of aromatic nitrogens is 2. The zero-order chi connectivity index (χ0) is 13.4. The number of benzene rings is 1. The van der Waals surface area contributed by atoms with Gasteiger partial charge in [-0.05, 0) is 25.2 Å². The van der Waals surface area contributed by atoms with Gasteiger partial charge in [-0.2, -0.15) is 0 Å². The monoisotopic (exact) mass is 277 g/mol. The van der Waals surface area contributed by atoms with Gasteiger partial charge in [-0.1, -0.05) is 11.6 Å². The van der Waals surface area contributed by atoms with Crippen molar-refractivity contribution in [2.75, 3.05) is 33.2 Å². The number of hydrogen-bond donors (Lipinski definition) is 2. The number of imidazole rings is 1. The van der Waals surface area contributed by atoms with Gasteiger partial charge in [0, 0.05) is 31.2 Å². The molecule has 3 rings (SSSR count). The minimum Gasteiger partial charge on any atom is -0.351 e. The molecule has 19 heavy (non-hydrogen) atoms. The summed E-state index contributed by atoms with van der Waals surface area (Å²) in [5, 5.41) is 8.93. The number of H-pyrrole nitrogens is 1. The van der Waals surface area contributed by atoms with Crippen LogP contribution in [0.1, 0.15) is 5.82 Å². The van der Waals surface area contributed by atoms with Gasteiger partial charge in [0.05, 0.1) is 11.0 Å². The van der Waals surface area contributed by atoms with Crippen LogP contribution in [0.4, 0.5) is 0 Å². The molecule has 6 heteroatoms. The first-order chi connectivity index (χ1) is 9.13. The van der Waals surface area contributed by atoms with Gasteiger partial charge in [0.1, 0.15) is 0 Å². The van der Waals surface area contributed by atoms with Crippen LogP contribution >= 0.6 is 11.6 Å². The summed E-state index contributed by atoms with van der Waals surface area (Å²) in [5.41, 5.74) is 1.72. The van der Waals surface area contributed by atoms with E-state index in [1.807, 2.05) is 18.2 Å². The highest BCUT2D eigenvalue weighted by Crippen LogP contribution is 2.18. The molecule has 0 radical (unpaired) electrons. The first kappa shape index (κ1) is 12.4. The van der Waals surface area contributed by atoms with E-state index in [0.29, 0.717) is 16.7 Å². The Bertz CT molecular complexity index is 613. The second-order valence-corrected chi connectivity index (χ2v) is 5.32. The van der Waals surface area contributed by atoms with Crippen LogP contribution in [0.2, 0.25) is 5.02 Å². The highest BCUT2D eigenvalue weighted by molar-refractivity contribution is 6.31. The molecule has 0 unspecified atom stereocenters. The molecule has 1 aliphatic rings. The van der Waals surface area contributed by atoms with Gasteiger partial charge in [-0.15, -0.1) is 0 Å². The van der Waals surface area contributed by atoms with E-state index >= 15 is 0 Å². The van der Waals surface area contributed by atoms with Gasteiger partial charge in [0.2, 0.25) is 0 Å². The fourth-order valence-electron chi connectivity index (χ4n) is 2.27. The van der Waals surface area contributed by atoms with Crippen molar-refractivity contribution in [3.05, 3.63) is 29.0 Å². The maximum Gasteiger partial charge on any atom is 0.173 e. The van der Waals surface area contributed by atoms with E-state index in [9.17, 15) is 0 Å². The quantitative estimate of drug-likeness (QED) is 0.617. The Kier molecular flexibility index (Phi) is 3.16. The summed E-state index contributed by atoms with van der Waals surface area (Å²) < 4.78 is 0. The van der Waals surface area contributed by atoms with Gasteiger partial charge >= 0.3 is 0 Å². The number of nitrogens with one attached hydrogen (secondary N) is 2. The van der Waals surface area contributed by atoms with Crippen LogP contribution in [0.25, 0.3) is 11.0 Å². The molecule has 0 bridgehead atoms. The molecule has 1 saturated heterocycles. The van der Waals surface area contributed by atoms with Crippen LogP contribution in [0.3, 0.4) is 0 Å². The third-order valence-electron chi connectivity index (χ3n) is 3.49. The van der Waals surface area contributed by atoms with Crippen molar-refractivity contribution in [3.63, 3.8) is 0 Å². The van der Waals surface area contributed by atoms with Crippen molar-refractivity contribution < 1.29 is 0 Å². The summed E-state index contributed by atoms with van der Waals surface area (Å²) in [6, 6.07) is 5.52. The Labute approximate surface area is 116 Å². The zero-order valence-electron chi connectivity index (χ0n) is 10.8. The molecule has 1 aromatic heterocycles. The van der Waals surface area contributed by atoms with E-state index in [0.717, 1.165) is 37.2 Å². The number of aromatic amines is 1. The summed E-state index contributed by atoms with van der Waals surface area (Å²) in [6.45, 7) is 3.70. The summed E-state index contributed by atoms with van der Waals surface area (Å²) in [4.78, 5) is 11.9. The Morgan fingerprint density at radius 2 is 2.05 bits per heavy atom. The molecule has 0 atom stereocenters. The van der Waals surface area contributed by atoms with Gasteiger partial charge in [0.25, 0.3) is 0 Å². The van der Waals surface area contributed by atoms with Crippen molar-refractivity contribution in [3.8, 4) is 0 Å². The van der Waals surface area contributed by atoms with Gasteiger partial charge in [-0.3, -0.25) is 5.41 Å². The average Bonchev–Trinajstić information content (AvgIpc) is 2.81. The third kappa shape index (κ3) is 2.43. The fourth-order valence-corrected chi connectivity index (χ4v) is 2.45. The molecular weight excluding hydrogens is 262 g/mol. The molecule has 0 saturated carbocycles. The lowest BCUT2D eigenvalue weighted by atomic mass is 10.3. The van der Waals surface area contributed by atoms with E-state index < -0.39 is 0 Å². The van der Waals surface area contributed by atoms with Crippen LogP contribution < -0.4 is 0 Å². The van der Waals surface area contributed by atoms with Gasteiger partial charge in [0.15, 0.2) is 11.7 Å². The number of piperazine rings is 1. The number of nitrogens with zero attached hydrogens (tertiary/aromatic N) is 3. The van der Waals surface area contributed by atoms with Crippen molar-refractivity contribution in [2.24, 2.45) is 0 Å². The second kappa shape index (κ2) is 4.83. The minimum absolute atomic E-state index is 0.459. The van der Waals surface area contributed by atoms with Crippen molar-refractivity contribution in [2.45, 2.75) is 0 Å². The summed E-state index contributed by atoms with van der Waals surface area (Å²) in [5.74, 6) is 1.07. The predicted octanol–water partition coefficient (Wildman–Crippen LogP) is 1.79. The lowest BCUT2D eigenvalue weighted by molar-refractivity contribution is 0.214. The molecule has 5 nitrogen and oxygen atoms in total. The highest BCUT2D eigenvalue weighted by atomic mass is 35.5. The SMILES string of the molecule is CN1CCN(C(=N)c2nc3ccc(Cl)cc3[nH]2)CC1. The molecule has 0 spiro atoms. The van der Waals surface area contributed by atoms with Crippen LogP contribution in [-0.4, -0.2) is 58.8 Å². The van der Waals surface area contributed by atoms with Crippen molar-refractivity contribution in [1.29, 1.82) is 5.41 Å². The number of rotatable bonds is 1. The van der Waals surface area contributed by atoms with Gasteiger partial charge in [-0.25, -0.2) is 4.98 Å². The highest BCUT2D eigenvalue weighted by Gasteiger charge is 2.19. The zero-order valence-corrected chi connectivity index (χ0v) is 11.5. The van der Waals surface area contributed by atoms with Crippen LogP contribution in [-0.2, 0) is 0 Å². The maximum atomic E-state index is 8.26. The second-order valence-electron chi connectivity index (χ2n) is 4.89. The number of fused-ring (bicyclic) bond motifs is 1. The molecular formula is C13H16ClN5. The molecule has 2 N–H and O–H groups in total. The number of likely N-dealkylation sites (N-methyl/N-ethyl adjacent to an activating group) is 1. The predicted molar refractivity (Wildman–Crippen MR) is 77.0 cm³/mol. The lowest BCUT2D eigenvalue weighted by Crippen LogP contribution is -2.47. The number of halogens is 1. The fraction of sp³-hybridized carbons (Fsp3) is 0.385. The normalized spacial score (nSPS) is 17.1. The van der Waals surface area contributed by atoms with E-state index in [2.05, 4.69) is 26.8 Å². The first-order valence-electron chi connectivity index (χ1n) is 6.31.